The minimum Gasteiger partial charge on any atom is -0.497 e. The van der Waals surface area contributed by atoms with Crippen LogP contribution >= 0.6 is 0 Å². The standard InChI is InChI=1S/C19H28N6O/c1-23(2)9-8-20-18-14-19(22-15-21-18)25-12-10-24(11-13-25)16-4-6-17(26-3)7-5-16/h4-7,14-15H,8-13H2,1-3H3,(H,20,21,22). The van der Waals surface area contributed by atoms with E-state index in [0.717, 1.165) is 56.7 Å². The van der Waals surface area contributed by atoms with Crippen molar-refractivity contribution in [3.05, 3.63) is 36.7 Å². The number of nitrogens with one attached hydrogen (secondary N) is 1. The third kappa shape index (κ3) is 4.76. The lowest BCUT2D eigenvalue weighted by molar-refractivity contribution is 0.415. The van der Waals surface area contributed by atoms with Crippen molar-refractivity contribution in [2.45, 2.75) is 0 Å². The predicted molar refractivity (Wildman–Crippen MR) is 106 cm³/mol. The van der Waals surface area contributed by atoms with Crippen LogP contribution in [-0.4, -0.2) is 75.3 Å². The number of hydrogen-bond acceptors (Lipinski definition) is 7. The summed E-state index contributed by atoms with van der Waals surface area (Å²) >= 11 is 0. The number of likely N-dealkylation sites (N-methyl/N-ethyl adjacent to an activating group) is 1. The fourth-order valence-corrected chi connectivity index (χ4v) is 3.01. The number of rotatable bonds is 7. The smallest absolute Gasteiger partial charge is 0.134 e. The number of piperazine rings is 1. The maximum Gasteiger partial charge on any atom is 0.134 e. The van der Waals surface area contributed by atoms with E-state index >= 15 is 0 Å². The van der Waals surface area contributed by atoms with Gasteiger partial charge in [0.2, 0.25) is 0 Å². The Kier molecular flexibility index (Phi) is 6.12. The molecule has 0 saturated carbocycles. The van der Waals surface area contributed by atoms with Crippen LogP contribution in [0.3, 0.4) is 0 Å². The first-order chi connectivity index (χ1) is 12.7. The summed E-state index contributed by atoms with van der Waals surface area (Å²) in [5.41, 5.74) is 1.24. The molecule has 0 aliphatic carbocycles. The molecule has 0 bridgehead atoms. The molecule has 140 valence electrons. The van der Waals surface area contributed by atoms with Gasteiger partial charge in [-0.05, 0) is 38.4 Å². The molecule has 0 atom stereocenters. The van der Waals surface area contributed by atoms with Crippen LogP contribution in [0, 0.1) is 0 Å². The van der Waals surface area contributed by atoms with E-state index in [1.165, 1.54) is 5.69 Å². The second-order valence-electron chi connectivity index (χ2n) is 6.66. The number of hydrogen-bond donors (Lipinski definition) is 1. The molecule has 0 unspecified atom stereocenters. The van der Waals surface area contributed by atoms with Crippen molar-refractivity contribution in [3.8, 4) is 5.75 Å². The first kappa shape index (κ1) is 18.3. The highest BCUT2D eigenvalue weighted by Crippen LogP contribution is 2.22. The van der Waals surface area contributed by atoms with Crippen LogP contribution in [0.5, 0.6) is 5.75 Å². The lowest BCUT2D eigenvalue weighted by Crippen LogP contribution is -2.46. The summed E-state index contributed by atoms with van der Waals surface area (Å²) in [6, 6.07) is 10.3. The summed E-state index contributed by atoms with van der Waals surface area (Å²) in [4.78, 5) is 15.6. The number of ether oxygens (including phenoxy) is 1. The molecule has 0 amide bonds. The zero-order valence-electron chi connectivity index (χ0n) is 15.9. The zero-order chi connectivity index (χ0) is 18.4. The molecule has 1 aliphatic heterocycles. The Morgan fingerprint density at radius 2 is 1.73 bits per heavy atom. The molecule has 2 aromatic rings. The lowest BCUT2D eigenvalue weighted by atomic mass is 10.2. The predicted octanol–water partition coefficient (Wildman–Crippen LogP) is 1.79. The Morgan fingerprint density at radius 3 is 2.38 bits per heavy atom. The first-order valence-corrected chi connectivity index (χ1v) is 9.00. The molecule has 1 aromatic carbocycles. The van der Waals surface area contributed by atoms with Crippen molar-refractivity contribution in [3.63, 3.8) is 0 Å². The monoisotopic (exact) mass is 356 g/mol. The van der Waals surface area contributed by atoms with Crippen LogP contribution in [0.1, 0.15) is 0 Å². The number of methoxy groups -OCH3 is 1. The van der Waals surface area contributed by atoms with Gasteiger partial charge in [0.25, 0.3) is 0 Å². The minimum absolute atomic E-state index is 0.870. The van der Waals surface area contributed by atoms with Crippen molar-refractivity contribution in [1.29, 1.82) is 0 Å². The summed E-state index contributed by atoms with van der Waals surface area (Å²) in [5, 5.41) is 3.36. The Hall–Kier alpha value is -2.54. The third-order valence-electron chi connectivity index (χ3n) is 4.56. The van der Waals surface area contributed by atoms with Gasteiger partial charge in [0.1, 0.15) is 23.7 Å². The summed E-state index contributed by atoms with van der Waals surface area (Å²) in [7, 11) is 5.82. The molecule has 1 saturated heterocycles. The highest BCUT2D eigenvalue weighted by molar-refractivity contribution is 5.53. The van der Waals surface area contributed by atoms with E-state index in [2.05, 4.69) is 56.2 Å². The van der Waals surface area contributed by atoms with E-state index in [9.17, 15) is 0 Å². The van der Waals surface area contributed by atoms with Crippen molar-refractivity contribution < 1.29 is 4.74 Å². The van der Waals surface area contributed by atoms with E-state index in [-0.39, 0.29) is 0 Å². The van der Waals surface area contributed by atoms with Gasteiger partial charge in [-0.3, -0.25) is 0 Å². The Morgan fingerprint density at radius 1 is 1.04 bits per heavy atom. The molecular formula is C19H28N6O. The van der Waals surface area contributed by atoms with E-state index in [1.54, 1.807) is 13.4 Å². The maximum atomic E-state index is 5.23. The lowest BCUT2D eigenvalue weighted by Gasteiger charge is -2.36. The molecule has 2 heterocycles. The van der Waals surface area contributed by atoms with Crippen molar-refractivity contribution in [2.75, 3.05) is 75.6 Å². The molecule has 0 spiro atoms. The highest BCUT2D eigenvalue weighted by atomic mass is 16.5. The van der Waals surface area contributed by atoms with Crippen LogP contribution in [0.25, 0.3) is 0 Å². The van der Waals surface area contributed by atoms with Crippen LogP contribution in [0.15, 0.2) is 36.7 Å². The maximum absolute atomic E-state index is 5.23. The molecule has 3 rings (SSSR count). The Labute approximate surface area is 155 Å². The quantitative estimate of drug-likeness (QED) is 0.811. The van der Waals surface area contributed by atoms with Gasteiger partial charge in [-0.1, -0.05) is 0 Å². The second kappa shape index (κ2) is 8.71. The number of aromatic nitrogens is 2. The van der Waals surface area contributed by atoms with Gasteiger partial charge < -0.3 is 24.8 Å². The second-order valence-corrected chi connectivity index (χ2v) is 6.66. The molecule has 1 aliphatic rings. The van der Waals surface area contributed by atoms with Crippen molar-refractivity contribution in [1.82, 2.24) is 14.9 Å². The molecule has 1 fully saturated rings. The van der Waals surface area contributed by atoms with Gasteiger partial charge in [-0.15, -0.1) is 0 Å². The van der Waals surface area contributed by atoms with Crippen LogP contribution < -0.4 is 19.9 Å². The third-order valence-corrected chi connectivity index (χ3v) is 4.56. The molecule has 7 heteroatoms. The summed E-state index contributed by atoms with van der Waals surface area (Å²) < 4.78 is 5.23. The van der Waals surface area contributed by atoms with E-state index in [4.69, 9.17) is 4.74 Å². The molecular weight excluding hydrogens is 328 g/mol. The summed E-state index contributed by atoms with van der Waals surface area (Å²) in [5.74, 6) is 2.76. The van der Waals surface area contributed by atoms with Gasteiger partial charge in [0, 0.05) is 51.0 Å². The topological polar surface area (TPSA) is 56.8 Å². The van der Waals surface area contributed by atoms with Crippen LogP contribution in [0.4, 0.5) is 17.3 Å². The molecule has 1 aromatic heterocycles. The largest absolute Gasteiger partial charge is 0.497 e. The normalized spacial score (nSPS) is 14.6. The fourth-order valence-electron chi connectivity index (χ4n) is 3.01. The van der Waals surface area contributed by atoms with E-state index < -0.39 is 0 Å². The average molecular weight is 356 g/mol. The highest BCUT2D eigenvalue weighted by Gasteiger charge is 2.18. The van der Waals surface area contributed by atoms with Gasteiger partial charge >= 0.3 is 0 Å². The SMILES string of the molecule is COc1ccc(N2CCN(c3cc(NCCN(C)C)ncn3)CC2)cc1. The number of nitrogens with zero attached hydrogens (tertiary/aromatic N) is 5. The molecule has 7 nitrogen and oxygen atoms in total. The number of benzene rings is 1. The average Bonchev–Trinajstić information content (AvgIpc) is 2.68. The molecule has 26 heavy (non-hydrogen) atoms. The van der Waals surface area contributed by atoms with E-state index in [1.807, 2.05) is 18.2 Å². The molecule has 0 radical (unpaired) electrons. The summed E-state index contributed by atoms with van der Waals surface area (Å²) in [6.07, 6.45) is 1.64. The van der Waals surface area contributed by atoms with Crippen molar-refractivity contribution >= 4 is 17.3 Å². The van der Waals surface area contributed by atoms with Gasteiger partial charge in [0.05, 0.1) is 7.11 Å². The van der Waals surface area contributed by atoms with Gasteiger partial charge in [0.15, 0.2) is 0 Å². The van der Waals surface area contributed by atoms with Gasteiger partial charge in [-0.25, -0.2) is 9.97 Å². The minimum atomic E-state index is 0.870. The van der Waals surface area contributed by atoms with Crippen LogP contribution in [-0.2, 0) is 0 Å². The van der Waals surface area contributed by atoms with E-state index in [0.29, 0.717) is 0 Å². The Balaban J connectivity index is 1.55. The summed E-state index contributed by atoms with van der Waals surface area (Å²) in [6.45, 7) is 5.67. The first-order valence-electron chi connectivity index (χ1n) is 9.00. The Bertz CT molecular complexity index is 683. The fraction of sp³-hybridized carbons (Fsp3) is 0.474. The van der Waals surface area contributed by atoms with Crippen molar-refractivity contribution in [2.24, 2.45) is 0 Å². The molecule has 1 N–H and O–H groups in total. The zero-order valence-corrected chi connectivity index (χ0v) is 15.9. The number of anilines is 3. The van der Waals surface area contributed by atoms with Gasteiger partial charge in [-0.2, -0.15) is 0 Å². The van der Waals surface area contributed by atoms with Crippen LogP contribution in [0.2, 0.25) is 0 Å².